The molecule has 4 nitrogen and oxygen atoms in total. The quantitative estimate of drug-likeness (QED) is 0.887. The maximum Gasteiger partial charge on any atom is 0.353 e. The van der Waals surface area contributed by atoms with Crippen LogP contribution in [0.15, 0.2) is 30.3 Å². The highest BCUT2D eigenvalue weighted by molar-refractivity contribution is 5.86. The van der Waals surface area contributed by atoms with Crippen LogP contribution in [-0.2, 0) is 6.42 Å². The first kappa shape index (κ1) is 13.3. The van der Waals surface area contributed by atoms with Crippen molar-refractivity contribution >= 4 is 5.97 Å². The van der Waals surface area contributed by atoms with Crippen molar-refractivity contribution in [1.29, 1.82) is 0 Å². The van der Waals surface area contributed by atoms with E-state index >= 15 is 0 Å². The van der Waals surface area contributed by atoms with Crippen LogP contribution in [0, 0.1) is 5.41 Å². The molecular formula is C15H18N2O2. The van der Waals surface area contributed by atoms with Gasteiger partial charge in [0.1, 0.15) is 5.69 Å². The zero-order chi connectivity index (χ0) is 14.0. The molecule has 0 aliphatic carbocycles. The number of H-pyrrole nitrogens is 1. The summed E-state index contributed by atoms with van der Waals surface area (Å²) in [5.74, 6) is -0.997. The highest BCUT2D eigenvalue weighted by atomic mass is 16.4. The van der Waals surface area contributed by atoms with Gasteiger partial charge in [-0.3, -0.25) is 5.10 Å². The molecule has 0 aliphatic rings. The Kier molecular flexibility index (Phi) is 3.42. The van der Waals surface area contributed by atoms with Gasteiger partial charge < -0.3 is 5.11 Å². The summed E-state index contributed by atoms with van der Waals surface area (Å²) >= 11 is 0. The molecule has 0 fully saturated rings. The lowest BCUT2D eigenvalue weighted by molar-refractivity contribution is 0.0690. The third-order valence-electron chi connectivity index (χ3n) is 2.79. The van der Waals surface area contributed by atoms with E-state index in [-0.39, 0.29) is 11.1 Å². The molecule has 0 unspecified atom stereocenters. The van der Waals surface area contributed by atoms with Crippen molar-refractivity contribution in [3.8, 4) is 11.3 Å². The number of aromatic nitrogens is 2. The smallest absolute Gasteiger partial charge is 0.353 e. The number of benzene rings is 1. The number of carboxylic acid groups (broad SMARTS) is 1. The van der Waals surface area contributed by atoms with E-state index in [2.05, 4.69) is 43.1 Å². The van der Waals surface area contributed by atoms with Crippen LogP contribution in [0.1, 0.15) is 36.8 Å². The number of hydrogen-bond acceptors (Lipinski definition) is 2. The van der Waals surface area contributed by atoms with Gasteiger partial charge in [0, 0.05) is 5.56 Å². The lowest BCUT2D eigenvalue weighted by atomic mass is 9.88. The molecule has 1 heterocycles. The van der Waals surface area contributed by atoms with Gasteiger partial charge in [-0.25, -0.2) is 4.79 Å². The van der Waals surface area contributed by atoms with Gasteiger partial charge in [-0.15, -0.1) is 0 Å². The van der Waals surface area contributed by atoms with Gasteiger partial charge in [0.2, 0.25) is 0 Å². The molecule has 1 aromatic carbocycles. The highest BCUT2D eigenvalue weighted by Gasteiger charge is 2.12. The van der Waals surface area contributed by atoms with Gasteiger partial charge in [-0.2, -0.15) is 5.10 Å². The fourth-order valence-electron chi connectivity index (χ4n) is 1.98. The second kappa shape index (κ2) is 4.88. The minimum absolute atomic E-state index is 0.105. The van der Waals surface area contributed by atoms with Gasteiger partial charge in [0.15, 0.2) is 0 Å². The topological polar surface area (TPSA) is 66.0 Å². The van der Waals surface area contributed by atoms with Crippen molar-refractivity contribution in [2.24, 2.45) is 5.41 Å². The number of nitrogens with zero attached hydrogens (tertiary/aromatic N) is 1. The fourth-order valence-corrected chi connectivity index (χ4v) is 1.98. The Bertz CT molecular complexity index is 577. The van der Waals surface area contributed by atoms with Crippen molar-refractivity contribution in [1.82, 2.24) is 10.2 Å². The molecule has 2 rings (SSSR count). The molecule has 0 spiro atoms. The van der Waals surface area contributed by atoms with Crippen molar-refractivity contribution in [3.63, 3.8) is 0 Å². The van der Waals surface area contributed by atoms with E-state index in [1.54, 1.807) is 6.07 Å². The predicted octanol–water partition coefficient (Wildman–Crippen LogP) is 3.36. The van der Waals surface area contributed by atoms with Crippen LogP contribution in [0.2, 0.25) is 0 Å². The van der Waals surface area contributed by atoms with Crippen LogP contribution in [0.5, 0.6) is 0 Å². The normalized spacial score (nSPS) is 11.5. The molecule has 2 aromatic rings. The average Bonchev–Trinajstić information content (AvgIpc) is 2.77. The third-order valence-corrected chi connectivity index (χ3v) is 2.79. The summed E-state index contributed by atoms with van der Waals surface area (Å²) in [4.78, 5) is 10.8. The number of aromatic carboxylic acids is 1. The van der Waals surface area contributed by atoms with Crippen LogP contribution in [0.4, 0.5) is 0 Å². The molecule has 1 aromatic heterocycles. The molecule has 0 amide bonds. The number of carbonyl (C=O) groups is 1. The Morgan fingerprint density at radius 3 is 2.37 bits per heavy atom. The summed E-state index contributed by atoms with van der Waals surface area (Å²) in [5, 5.41) is 15.4. The van der Waals surface area contributed by atoms with Crippen LogP contribution in [-0.4, -0.2) is 21.3 Å². The molecule has 0 saturated carbocycles. The number of rotatable bonds is 3. The minimum Gasteiger partial charge on any atom is -0.477 e. The Balaban J connectivity index is 2.20. The van der Waals surface area contributed by atoms with Crippen LogP contribution in [0.3, 0.4) is 0 Å². The van der Waals surface area contributed by atoms with Gasteiger partial charge in [0.05, 0.1) is 5.69 Å². The van der Waals surface area contributed by atoms with Crippen molar-refractivity contribution in [2.75, 3.05) is 0 Å². The molecule has 0 atom stereocenters. The molecule has 0 saturated heterocycles. The van der Waals surface area contributed by atoms with E-state index in [1.165, 1.54) is 5.56 Å². The van der Waals surface area contributed by atoms with Crippen molar-refractivity contribution < 1.29 is 9.90 Å². The second-order valence-electron chi connectivity index (χ2n) is 5.91. The fraction of sp³-hybridized carbons (Fsp3) is 0.333. The Hall–Kier alpha value is -2.10. The number of hydrogen-bond donors (Lipinski definition) is 2. The second-order valence-corrected chi connectivity index (χ2v) is 5.91. The molecular weight excluding hydrogens is 240 g/mol. The minimum atomic E-state index is -0.997. The number of carboxylic acids is 1. The summed E-state index contributed by atoms with van der Waals surface area (Å²) in [7, 11) is 0. The van der Waals surface area contributed by atoms with Crippen LogP contribution < -0.4 is 0 Å². The zero-order valence-electron chi connectivity index (χ0n) is 11.4. The Labute approximate surface area is 112 Å². The number of aromatic amines is 1. The molecule has 0 bridgehead atoms. The lowest BCUT2D eigenvalue weighted by Gasteiger charge is -2.18. The van der Waals surface area contributed by atoms with Gasteiger partial charge in [-0.05, 0) is 23.5 Å². The van der Waals surface area contributed by atoms with Gasteiger partial charge >= 0.3 is 5.97 Å². The maximum absolute atomic E-state index is 10.8. The number of nitrogens with one attached hydrogen (secondary N) is 1. The van der Waals surface area contributed by atoms with Gasteiger partial charge in [-0.1, -0.05) is 45.0 Å². The first-order chi connectivity index (χ1) is 8.85. The van der Waals surface area contributed by atoms with E-state index in [9.17, 15) is 4.79 Å². The van der Waals surface area contributed by atoms with E-state index in [0.717, 1.165) is 12.0 Å². The Morgan fingerprint density at radius 2 is 1.89 bits per heavy atom. The van der Waals surface area contributed by atoms with E-state index in [4.69, 9.17) is 5.11 Å². The molecule has 0 aliphatic heterocycles. The Morgan fingerprint density at radius 1 is 1.26 bits per heavy atom. The highest BCUT2D eigenvalue weighted by Crippen LogP contribution is 2.23. The van der Waals surface area contributed by atoms with Gasteiger partial charge in [0.25, 0.3) is 0 Å². The lowest BCUT2D eigenvalue weighted by Crippen LogP contribution is -2.08. The zero-order valence-corrected chi connectivity index (χ0v) is 11.4. The largest absolute Gasteiger partial charge is 0.477 e. The summed E-state index contributed by atoms with van der Waals surface area (Å²) in [5.41, 5.74) is 3.20. The van der Waals surface area contributed by atoms with E-state index in [1.807, 2.05) is 12.1 Å². The third kappa shape index (κ3) is 3.44. The van der Waals surface area contributed by atoms with E-state index in [0.29, 0.717) is 5.69 Å². The summed E-state index contributed by atoms with van der Waals surface area (Å²) < 4.78 is 0. The first-order valence-corrected chi connectivity index (χ1v) is 6.23. The average molecular weight is 258 g/mol. The molecule has 0 radical (unpaired) electrons. The van der Waals surface area contributed by atoms with Crippen molar-refractivity contribution in [3.05, 3.63) is 41.6 Å². The SMILES string of the molecule is CC(C)(C)Cc1ccc(-c2cc(C(=O)O)[nH]n2)cc1. The molecule has 2 N–H and O–H groups in total. The summed E-state index contributed by atoms with van der Waals surface area (Å²) in [6.07, 6.45) is 1.01. The van der Waals surface area contributed by atoms with E-state index < -0.39 is 5.97 Å². The molecule has 4 heteroatoms. The maximum atomic E-state index is 10.8. The summed E-state index contributed by atoms with van der Waals surface area (Å²) in [6, 6.07) is 9.62. The summed E-state index contributed by atoms with van der Waals surface area (Å²) in [6.45, 7) is 6.61. The first-order valence-electron chi connectivity index (χ1n) is 6.23. The molecule has 100 valence electrons. The molecule has 19 heavy (non-hydrogen) atoms. The monoisotopic (exact) mass is 258 g/mol. The predicted molar refractivity (Wildman–Crippen MR) is 74.1 cm³/mol. The standard InChI is InChI=1S/C15H18N2O2/c1-15(2,3)9-10-4-6-11(7-5-10)12-8-13(14(18)19)17-16-12/h4-8H,9H2,1-3H3,(H,16,17)(H,18,19). The van der Waals surface area contributed by atoms with Crippen LogP contribution in [0.25, 0.3) is 11.3 Å². The van der Waals surface area contributed by atoms with Crippen molar-refractivity contribution in [2.45, 2.75) is 27.2 Å². The van der Waals surface area contributed by atoms with Crippen LogP contribution >= 0.6 is 0 Å².